The number of nitrogens with zero attached hydrogens (tertiary/aromatic N) is 1. The monoisotopic (exact) mass is 263 g/mol. The quantitative estimate of drug-likeness (QED) is 0.494. The van der Waals surface area contributed by atoms with Gasteiger partial charge in [0.05, 0.1) is 19.3 Å². The van der Waals surface area contributed by atoms with E-state index in [-0.39, 0.29) is 0 Å². The van der Waals surface area contributed by atoms with Crippen molar-refractivity contribution in [3.05, 3.63) is 0 Å². The first kappa shape index (κ1) is 16.0. The van der Waals surface area contributed by atoms with Gasteiger partial charge in [-0.05, 0) is 19.8 Å². The highest BCUT2D eigenvalue weighted by Crippen LogP contribution is 2.23. The van der Waals surface area contributed by atoms with E-state index in [9.17, 15) is 0 Å². The van der Waals surface area contributed by atoms with Crippen molar-refractivity contribution in [1.29, 1.82) is 5.26 Å². The zero-order valence-corrected chi connectivity index (χ0v) is 12.0. The van der Waals surface area contributed by atoms with Gasteiger partial charge >= 0.3 is 0 Å². The zero-order valence-electron chi connectivity index (χ0n) is 12.0. The van der Waals surface area contributed by atoms with Crippen molar-refractivity contribution in [2.24, 2.45) is 0 Å². The molecule has 3 nitrogen and oxygen atoms in total. The van der Waals surface area contributed by atoms with Crippen LogP contribution in [0.2, 0.25) is 0 Å². The number of ether oxygens (including phenoxy) is 2. The number of hydrogen-bond donors (Lipinski definition) is 0. The lowest BCUT2D eigenvalue weighted by Gasteiger charge is -2.20. The number of nitriles is 1. The second-order valence-electron chi connectivity index (χ2n) is 5.11. The first-order chi connectivity index (χ1) is 9.27. The molecule has 0 aromatic carbocycles. The van der Waals surface area contributed by atoms with Crippen LogP contribution in [0.15, 0.2) is 0 Å². The van der Waals surface area contributed by atoms with Crippen molar-refractivity contribution in [2.75, 3.05) is 13.2 Å². The Morgan fingerprint density at radius 2 is 1.47 bits per heavy atom. The molecule has 0 aromatic heterocycles. The summed E-state index contributed by atoms with van der Waals surface area (Å²) in [5.41, 5.74) is 0. The van der Waals surface area contributed by atoms with Crippen molar-refractivity contribution in [3.8, 4) is 17.9 Å². The highest BCUT2D eigenvalue weighted by atomic mass is 16.7. The van der Waals surface area contributed by atoms with Gasteiger partial charge in [0.2, 0.25) is 0 Å². The van der Waals surface area contributed by atoms with Crippen LogP contribution in [0, 0.1) is 23.2 Å². The van der Waals surface area contributed by atoms with E-state index < -0.39 is 5.79 Å². The summed E-state index contributed by atoms with van der Waals surface area (Å²) in [6, 6.07) is 2.18. The molecule has 0 bridgehead atoms. The maximum Gasteiger partial charge on any atom is 0.166 e. The molecule has 0 aliphatic carbocycles. The molecule has 0 unspecified atom stereocenters. The summed E-state index contributed by atoms with van der Waals surface area (Å²) < 4.78 is 11.0. The molecule has 1 fully saturated rings. The van der Waals surface area contributed by atoms with E-state index in [2.05, 4.69) is 17.9 Å². The summed E-state index contributed by atoms with van der Waals surface area (Å²) in [6.07, 6.45) is 9.22. The topological polar surface area (TPSA) is 42.2 Å². The standard InChI is InChI=1S/C16H25NO2/c1-16(18-14-15-19-16)12-10-8-6-4-2-3-5-7-9-11-13-17/h2-5,7,9-12,14-15H2,1H3. The van der Waals surface area contributed by atoms with Crippen LogP contribution >= 0.6 is 0 Å². The molecule has 0 aromatic rings. The molecule has 1 heterocycles. The molecular weight excluding hydrogens is 238 g/mol. The van der Waals surface area contributed by atoms with Gasteiger partial charge in [0.25, 0.3) is 0 Å². The van der Waals surface area contributed by atoms with Crippen LogP contribution in [-0.2, 0) is 9.47 Å². The van der Waals surface area contributed by atoms with Gasteiger partial charge in [-0.25, -0.2) is 0 Å². The molecule has 1 rings (SSSR count). The third kappa shape index (κ3) is 7.88. The lowest BCUT2D eigenvalue weighted by molar-refractivity contribution is -0.145. The van der Waals surface area contributed by atoms with E-state index in [1.165, 1.54) is 25.7 Å². The molecule has 0 amide bonds. The van der Waals surface area contributed by atoms with E-state index in [1.807, 2.05) is 6.92 Å². The van der Waals surface area contributed by atoms with E-state index in [0.717, 1.165) is 25.7 Å². The van der Waals surface area contributed by atoms with Crippen molar-refractivity contribution < 1.29 is 9.47 Å². The minimum absolute atomic E-state index is 0.393. The lowest BCUT2D eigenvalue weighted by atomic mass is 10.1. The minimum atomic E-state index is -0.393. The first-order valence-corrected chi connectivity index (χ1v) is 7.37. The molecule has 3 heteroatoms. The summed E-state index contributed by atoms with van der Waals surface area (Å²) in [5.74, 6) is 6.02. The Bertz CT molecular complexity index is 329. The van der Waals surface area contributed by atoms with Gasteiger partial charge in [-0.1, -0.05) is 19.3 Å². The summed E-state index contributed by atoms with van der Waals surface area (Å²) in [6.45, 7) is 3.40. The smallest absolute Gasteiger partial charge is 0.166 e. The van der Waals surface area contributed by atoms with Gasteiger partial charge in [-0.3, -0.25) is 0 Å². The van der Waals surface area contributed by atoms with E-state index >= 15 is 0 Å². The fraction of sp³-hybridized carbons (Fsp3) is 0.812. The van der Waals surface area contributed by atoms with Gasteiger partial charge in [0.1, 0.15) is 0 Å². The SMILES string of the molecule is CC1(CCC#CCCCCCCCC#N)OCCO1. The van der Waals surface area contributed by atoms with Crippen LogP contribution in [0.5, 0.6) is 0 Å². The lowest BCUT2D eigenvalue weighted by Crippen LogP contribution is -2.24. The third-order valence-corrected chi connectivity index (χ3v) is 3.32. The molecule has 0 radical (unpaired) electrons. The van der Waals surface area contributed by atoms with Crippen LogP contribution in [0.4, 0.5) is 0 Å². The van der Waals surface area contributed by atoms with Crippen molar-refractivity contribution in [2.45, 2.75) is 70.5 Å². The molecule has 1 aliphatic heterocycles. The predicted molar refractivity (Wildman–Crippen MR) is 75.3 cm³/mol. The summed E-state index contributed by atoms with van der Waals surface area (Å²) in [4.78, 5) is 0. The summed E-state index contributed by atoms with van der Waals surface area (Å²) in [7, 11) is 0. The van der Waals surface area contributed by atoms with Gasteiger partial charge in [-0.2, -0.15) is 5.26 Å². The van der Waals surface area contributed by atoms with Crippen molar-refractivity contribution in [1.82, 2.24) is 0 Å². The zero-order chi connectivity index (χ0) is 13.8. The van der Waals surface area contributed by atoms with Crippen LogP contribution in [0.3, 0.4) is 0 Å². The summed E-state index contributed by atoms with van der Waals surface area (Å²) in [5, 5.41) is 8.40. The Kier molecular flexibility index (Phi) is 8.30. The largest absolute Gasteiger partial charge is 0.348 e. The van der Waals surface area contributed by atoms with Gasteiger partial charge in [-0.15, -0.1) is 11.8 Å². The second-order valence-corrected chi connectivity index (χ2v) is 5.11. The van der Waals surface area contributed by atoms with E-state index in [1.54, 1.807) is 0 Å². The van der Waals surface area contributed by atoms with E-state index in [4.69, 9.17) is 14.7 Å². The molecule has 0 saturated carbocycles. The van der Waals surface area contributed by atoms with Crippen LogP contribution in [0.1, 0.15) is 64.7 Å². The van der Waals surface area contributed by atoms with Crippen LogP contribution in [-0.4, -0.2) is 19.0 Å². The predicted octanol–water partition coefficient (Wildman–Crippen LogP) is 3.79. The number of rotatable bonds is 8. The Hall–Kier alpha value is -1.03. The third-order valence-electron chi connectivity index (χ3n) is 3.32. The molecule has 0 spiro atoms. The molecule has 0 N–H and O–H groups in total. The highest BCUT2D eigenvalue weighted by molar-refractivity contribution is 4.99. The van der Waals surface area contributed by atoms with Crippen LogP contribution in [0.25, 0.3) is 0 Å². The Morgan fingerprint density at radius 3 is 2.16 bits per heavy atom. The minimum Gasteiger partial charge on any atom is -0.348 e. The normalized spacial score (nSPS) is 16.6. The Labute approximate surface area is 117 Å². The molecule has 1 aliphatic rings. The van der Waals surface area contributed by atoms with Gasteiger partial charge in [0.15, 0.2) is 5.79 Å². The maximum absolute atomic E-state index is 8.40. The molecule has 19 heavy (non-hydrogen) atoms. The molecule has 0 atom stereocenters. The number of unbranched alkanes of at least 4 members (excludes halogenated alkanes) is 6. The molecule has 1 saturated heterocycles. The first-order valence-electron chi connectivity index (χ1n) is 7.37. The fourth-order valence-corrected chi connectivity index (χ4v) is 2.12. The maximum atomic E-state index is 8.40. The van der Waals surface area contributed by atoms with Crippen LogP contribution < -0.4 is 0 Å². The van der Waals surface area contributed by atoms with Gasteiger partial charge in [0, 0.05) is 25.7 Å². The Morgan fingerprint density at radius 1 is 0.895 bits per heavy atom. The summed E-state index contributed by atoms with van der Waals surface area (Å²) >= 11 is 0. The molecule has 106 valence electrons. The van der Waals surface area contributed by atoms with Crippen molar-refractivity contribution in [3.63, 3.8) is 0 Å². The average Bonchev–Trinajstić information content (AvgIpc) is 2.83. The second kappa shape index (κ2) is 9.84. The van der Waals surface area contributed by atoms with Crippen molar-refractivity contribution >= 4 is 0 Å². The van der Waals surface area contributed by atoms with Gasteiger partial charge < -0.3 is 9.47 Å². The highest BCUT2D eigenvalue weighted by Gasteiger charge is 2.29. The average molecular weight is 263 g/mol. The van der Waals surface area contributed by atoms with E-state index in [0.29, 0.717) is 19.6 Å². The fourth-order valence-electron chi connectivity index (χ4n) is 2.12. The molecular formula is C16H25NO2. The Balaban J connectivity index is 1.90. The number of hydrogen-bond acceptors (Lipinski definition) is 3.